The van der Waals surface area contributed by atoms with Crippen LogP contribution in [0.3, 0.4) is 0 Å². The molecule has 1 N–H and O–H groups in total. The van der Waals surface area contributed by atoms with Crippen molar-refractivity contribution in [2.45, 2.75) is 52.9 Å². The van der Waals surface area contributed by atoms with Crippen molar-refractivity contribution in [3.05, 3.63) is 59.2 Å². The van der Waals surface area contributed by atoms with Crippen LogP contribution in [0.4, 0.5) is 11.4 Å². The first-order chi connectivity index (χ1) is 17.8. The minimum atomic E-state index is -0.0425. The summed E-state index contributed by atoms with van der Waals surface area (Å²) in [6.07, 6.45) is 4.45. The van der Waals surface area contributed by atoms with Crippen molar-refractivity contribution in [1.29, 1.82) is 0 Å². The molecular weight excluding hydrogens is 464 g/mol. The van der Waals surface area contributed by atoms with Crippen LogP contribution in [0.2, 0.25) is 0 Å². The van der Waals surface area contributed by atoms with Crippen molar-refractivity contribution < 1.29 is 14.4 Å². The predicted molar refractivity (Wildman–Crippen MR) is 148 cm³/mol. The van der Waals surface area contributed by atoms with Gasteiger partial charge in [0.1, 0.15) is 0 Å². The minimum absolute atomic E-state index is 0.0199. The van der Waals surface area contributed by atoms with Crippen molar-refractivity contribution in [3.8, 4) is 0 Å². The molecule has 7 nitrogen and oxygen atoms in total. The smallest absolute Gasteiger partial charge is 0.256 e. The zero-order valence-electron chi connectivity index (χ0n) is 22.5. The predicted octanol–water partition coefficient (Wildman–Crippen LogP) is 4.96. The molecule has 0 aliphatic carbocycles. The Labute approximate surface area is 220 Å². The topological polar surface area (TPSA) is 73.0 Å². The summed E-state index contributed by atoms with van der Waals surface area (Å²) in [5, 5.41) is 2.98. The molecule has 0 atom stereocenters. The number of likely N-dealkylation sites (tertiary alicyclic amines) is 1. The van der Waals surface area contributed by atoms with E-state index in [1.165, 1.54) is 0 Å². The molecule has 37 heavy (non-hydrogen) atoms. The van der Waals surface area contributed by atoms with Gasteiger partial charge < -0.3 is 20.0 Å². The second-order valence-corrected chi connectivity index (χ2v) is 10.7. The first-order valence-corrected chi connectivity index (χ1v) is 13.7. The Balaban J connectivity index is 1.54. The Morgan fingerprint density at radius 1 is 0.784 bits per heavy atom. The third-order valence-electron chi connectivity index (χ3n) is 7.17. The summed E-state index contributed by atoms with van der Waals surface area (Å²) in [5.41, 5.74) is 4.00. The largest absolute Gasteiger partial charge is 0.369 e. The van der Waals surface area contributed by atoms with Crippen molar-refractivity contribution in [2.75, 3.05) is 49.5 Å². The minimum Gasteiger partial charge on any atom is -0.369 e. The Hall–Kier alpha value is -3.35. The molecule has 2 aliphatic rings. The molecule has 0 saturated carbocycles. The molecular formula is C30H40N4O3. The quantitative estimate of drug-likeness (QED) is 0.604. The summed E-state index contributed by atoms with van der Waals surface area (Å²) in [6.45, 7) is 10.3. The first kappa shape index (κ1) is 26.7. The highest BCUT2D eigenvalue weighted by Crippen LogP contribution is 2.28. The molecule has 2 aromatic rings. The molecule has 3 amide bonds. The van der Waals surface area contributed by atoms with Gasteiger partial charge in [-0.2, -0.15) is 0 Å². The number of carbonyl (C=O) groups excluding carboxylic acids is 3. The zero-order valence-corrected chi connectivity index (χ0v) is 22.5. The lowest BCUT2D eigenvalue weighted by Gasteiger charge is -2.30. The summed E-state index contributed by atoms with van der Waals surface area (Å²) in [5.74, 6) is 0.289. The molecule has 198 valence electrons. The number of carbonyl (C=O) groups is 3. The molecule has 0 radical (unpaired) electrons. The van der Waals surface area contributed by atoms with Gasteiger partial charge in [-0.1, -0.05) is 31.5 Å². The monoisotopic (exact) mass is 504 g/mol. The highest BCUT2D eigenvalue weighted by molar-refractivity contribution is 6.02. The van der Waals surface area contributed by atoms with E-state index in [4.69, 9.17) is 0 Å². The van der Waals surface area contributed by atoms with E-state index in [2.05, 4.69) is 10.2 Å². The average Bonchev–Trinajstić information content (AvgIpc) is 3.14. The molecule has 0 unspecified atom stereocenters. The molecule has 4 rings (SSSR count). The lowest BCUT2D eigenvalue weighted by Crippen LogP contribution is -2.38. The standard InChI is InChI=1S/C30H40N4O3/c1-22(2)20-28(35)31-25-12-13-27(26(21-25)30(37)33-14-5-4-6-15-33)32-16-7-17-34(19-18-32)29(36)24-10-8-23(3)9-11-24/h8-13,21-22H,4-7,14-20H2,1-3H3,(H,31,35). The van der Waals surface area contributed by atoms with Crippen LogP contribution in [-0.4, -0.2) is 66.8 Å². The van der Waals surface area contributed by atoms with Gasteiger partial charge in [0.05, 0.1) is 5.56 Å². The van der Waals surface area contributed by atoms with Crippen LogP contribution < -0.4 is 10.2 Å². The third-order valence-corrected chi connectivity index (χ3v) is 7.17. The first-order valence-electron chi connectivity index (χ1n) is 13.7. The SMILES string of the molecule is Cc1ccc(C(=O)N2CCCN(c3ccc(NC(=O)CC(C)C)cc3C(=O)N3CCCCC3)CC2)cc1. The fourth-order valence-electron chi connectivity index (χ4n) is 5.15. The summed E-state index contributed by atoms with van der Waals surface area (Å²) < 4.78 is 0. The Morgan fingerprint density at radius 3 is 2.16 bits per heavy atom. The number of nitrogens with zero attached hydrogens (tertiary/aromatic N) is 3. The highest BCUT2D eigenvalue weighted by atomic mass is 16.2. The van der Waals surface area contributed by atoms with E-state index in [1.807, 2.05) is 73.0 Å². The number of hydrogen-bond donors (Lipinski definition) is 1. The van der Waals surface area contributed by atoms with Gasteiger partial charge in [0.15, 0.2) is 0 Å². The van der Waals surface area contributed by atoms with E-state index in [0.29, 0.717) is 42.9 Å². The number of anilines is 2. The van der Waals surface area contributed by atoms with E-state index in [0.717, 1.165) is 56.6 Å². The van der Waals surface area contributed by atoms with Crippen LogP contribution in [0, 0.1) is 12.8 Å². The van der Waals surface area contributed by atoms with Crippen LogP contribution in [0.5, 0.6) is 0 Å². The lowest BCUT2D eigenvalue weighted by atomic mass is 10.1. The van der Waals surface area contributed by atoms with Gasteiger partial charge in [-0.3, -0.25) is 14.4 Å². The summed E-state index contributed by atoms with van der Waals surface area (Å²) in [6, 6.07) is 13.4. The maximum atomic E-state index is 13.7. The van der Waals surface area contributed by atoms with Crippen molar-refractivity contribution in [2.24, 2.45) is 5.92 Å². The molecule has 2 saturated heterocycles. The molecule has 2 fully saturated rings. The van der Waals surface area contributed by atoms with E-state index < -0.39 is 0 Å². The Kier molecular flexibility index (Phi) is 8.85. The second-order valence-electron chi connectivity index (χ2n) is 10.7. The van der Waals surface area contributed by atoms with Gasteiger partial charge in [-0.15, -0.1) is 0 Å². The van der Waals surface area contributed by atoms with Crippen LogP contribution in [0.15, 0.2) is 42.5 Å². The van der Waals surface area contributed by atoms with Gasteiger partial charge in [-0.05, 0) is 68.9 Å². The van der Waals surface area contributed by atoms with Crippen LogP contribution in [-0.2, 0) is 4.79 Å². The number of amides is 3. The summed E-state index contributed by atoms with van der Waals surface area (Å²) >= 11 is 0. The maximum absolute atomic E-state index is 13.7. The van der Waals surface area contributed by atoms with Gasteiger partial charge in [0.25, 0.3) is 11.8 Å². The van der Waals surface area contributed by atoms with Crippen molar-refractivity contribution >= 4 is 29.1 Å². The summed E-state index contributed by atoms with van der Waals surface area (Å²) in [4.78, 5) is 45.3. The van der Waals surface area contributed by atoms with Gasteiger partial charge in [0, 0.05) is 62.6 Å². The number of hydrogen-bond acceptors (Lipinski definition) is 4. The molecule has 0 spiro atoms. The number of rotatable bonds is 6. The number of benzene rings is 2. The molecule has 0 aromatic heterocycles. The Morgan fingerprint density at radius 2 is 1.46 bits per heavy atom. The van der Waals surface area contributed by atoms with E-state index in [1.54, 1.807) is 0 Å². The summed E-state index contributed by atoms with van der Waals surface area (Å²) in [7, 11) is 0. The molecule has 2 heterocycles. The zero-order chi connectivity index (χ0) is 26.4. The normalized spacial score (nSPS) is 16.5. The van der Waals surface area contributed by atoms with Gasteiger partial charge in [0.2, 0.25) is 5.91 Å². The Bertz CT molecular complexity index is 1110. The molecule has 2 aliphatic heterocycles. The second kappa shape index (κ2) is 12.3. The molecule has 7 heteroatoms. The van der Waals surface area contributed by atoms with E-state index in [9.17, 15) is 14.4 Å². The van der Waals surface area contributed by atoms with Crippen LogP contribution in [0.1, 0.15) is 72.2 Å². The lowest BCUT2D eigenvalue weighted by molar-refractivity contribution is -0.116. The molecule has 0 bridgehead atoms. The number of piperidine rings is 1. The third kappa shape index (κ3) is 6.90. The number of nitrogens with one attached hydrogen (secondary N) is 1. The fraction of sp³-hybridized carbons (Fsp3) is 0.500. The fourth-order valence-corrected chi connectivity index (χ4v) is 5.15. The van der Waals surface area contributed by atoms with Crippen LogP contribution >= 0.6 is 0 Å². The van der Waals surface area contributed by atoms with E-state index >= 15 is 0 Å². The maximum Gasteiger partial charge on any atom is 0.256 e. The molecule has 2 aromatic carbocycles. The number of aryl methyl sites for hydroxylation is 1. The highest BCUT2D eigenvalue weighted by Gasteiger charge is 2.26. The van der Waals surface area contributed by atoms with Gasteiger partial charge in [-0.25, -0.2) is 0 Å². The van der Waals surface area contributed by atoms with Crippen molar-refractivity contribution in [3.63, 3.8) is 0 Å². The van der Waals surface area contributed by atoms with Crippen molar-refractivity contribution in [1.82, 2.24) is 9.80 Å². The van der Waals surface area contributed by atoms with Crippen LogP contribution in [0.25, 0.3) is 0 Å². The van der Waals surface area contributed by atoms with Gasteiger partial charge >= 0.3 is 0 Å². The average molecular weight is 505 g/mol. The van der Waals surface area contributed by atoms with E-state index in [-0.39, 0.29) is 23.6 Å².